The predicted octanol–water partition coefficient (Wildman–Crippen LogP) is 0.419. The summed E-state index contributed by atoms with van der Waals surface area (Å²) in [5.74, 6) is -1.11. The Kier molecular flexibility index (Phi) is 10.6. The normalized spacial score (nSPS) is 30.6. The Hall–Kier alpha value is -3.77. The largest absolute Gasteiger partial charge is 0.507 e. The van der Waals surface area contributed by atoms with E-state index in [4.69, 9.17) is 28.1 Å². The molecule has 1 unspecified atom stereocenters. The first-order valence-electron chi connectivity index (χ1n) is 15.2. The quantitative estimate of drug-likeness (QED) is 0.143. The molecule has 0 aliphatic carbocycles. The fourth-order valence-corrected chi connectivity index (χ4v) is 5.61. The highest BCUT2D eigenvalue weighted by Gasteiger charge is 2.51. The summed E-state index contributed by atoms with van der Waals surface area (Å²) >= 11 is 0. The number of rotatable bonds is 9. The van der Waals surface area contributed by atoms with Gasteiger partial charge in [0.1, 0.15) is 64.8 Å². The van der Waals surface area contributed by atoms with Crippen molar-refractivity contribution >= 4 is 11.0 Å². The summed E-state index contributed by atoms with van der Waals surface area (Å²) in [4.78, 5) is 14.3. The molecule has 5 rings (SSSR count). The van der Waals surface area contributed by atoms with Gasteiger partial charge in [0.15, 0.2) is 18.2 Å². The second-order valence-electron chi connectivity index (χ2n) is 12.0. The predicted molar refractivity (Wildman–Crippen MR) is 167 cm³/mol. The molecule has 0 radical (unpaired) electrons. The zero-order chi connectivity index (χ0) is 35.0. The van der Waals surface area contributed by atoms with Gasteiger partial charge >= 0.3 is 0 Å². The Labute approximate surface area is 274 Å². The van der Waals surface area contributed by atoms with Gasteiger partial charge in [0, 0.05) is 17.2 Å². The maximum atomic E-state index is 14.3. The molecule has 15 heteroatoms. The highest BCUT2D eigenvalue weighted by atomic mass is 16.8. The van der Waals surface area contributed by atoms with Crippen LogP contribution in [-0.2, 0) is 20.6 Å². The summed E-state index contributed by atoms with van der Waals surface area (Å²) in [5, 5.41) is 83.7. The van der Waals surface area contributed by atoms with Gasteiger partial charge in [0.2, 0.25) is 17.5 Å². The molecule has 8 N–H and O–H groups in total. The monoisotopic (exact) mass is 676 g/mol. The standard InChI is InChI=1S/C33H40O15/c1-13(2)5-10-17-18(35)11-19(36)21-24(39)30(28(46-29(17)21)15-6-8-16(43-4)9-7-15)47-33-31(26(41)22(37)14(3)44-33)48-32-27(42)25(40)23(38)20(12-34)45-32/h5-9,11,14,20,22-23,25-27,31-38,40-42H,10,12H2,1-4H3/t14-,20+,22-,23+,25-,26+,27+,31+,32-,33?/m0/s1. The third-order valence-corrected chi connectivity index (χ3v) is 8.41. The number of phenols is 2. The number of allylic oxidation sites excluding steroid dienone is 2. The third-order valence-electron chi connectivity index (χ3n) is 8.41. The van der Waals surface area contributed by atoms with Gasteiger partial charge in [0.25, 0.3) is 0 Å². The van der Waals surface area contributed by atoms with Gasteiger partial charge in [-0.25, -0.2) is 0 Å². The zero-order valence-corrected chi connectivity index (χ0v) is 26.6. The van der Waals surface area contributed by atoms with Crippen LogP contribution >= 0.6 is 0 Å². The molecule has 3 heterocycles. The van der Waals surface area contributed by atoms with Gasteiger partial charge in [0.05, 0.1) is 19.8 Å². The fraction of sp³-hybridized carbons (Fsp3) is 0.485. The topological polar surface area (TPSA) is 238 Å². The van der Waals surface area contributed by atoms with Gasteiger partial charge in [-0.15, -0.1) is 0 Å². The molecule has 2 saturated heterocycles. The molecule has 10 atom stereocenters. The highest BCUT2D eigenvalue weighted by Crippen LogP contribution is 2.41. The molecule has 262 valence electrons. The van der Waals surface area contributed by atoms with E-state index in [-0.39, 0.29) is 34.5 Å². The van der Waals surface area contributed by atoms with Gasteiger partial charge in [-0.1, -0.05) is 11.6 Å². The van der Waals surface area contributed by atoms with Gasteiger partial charge in [-0.2, -0.15) is 0 Å². The lowest BCUT2D eigenvalue weighted by Gasteiger charge is -2.45. The van der Waals surface area contributed by atoms with Gasteiger partial charge < -0.3 is 69.0 Å². The van der Waals surface area contributed by atoms with E-state index in [1.165, 1.54) is 14.0 Å². The number of aromatic hydroxyl groups is 2. The minimum atomic E-state index is -1.88. The van der Waals surface area contributed by atoms with E-state index in [0.29, 0.717) is 11.3 Å². The molecule has 2 aliphatic rings. The minimum Gasteiger partial charge on any atom is -0.507 e. The Morgan fingerprint density at radius 3 is 2.21 bits per heavy atom. The first-order chi connectivity index (χ1) is 22.8. The van der Waals surface area contributed by atoms with E-state index in [1.54, 1.807) is 30.3 Å². The van der Waals surface area contributed by atoms with Crippen molar-refractivity contribution < 1.29 is 69.0 Å². The van der Waals surface area contributed by atoms with Crippen LogP contribution in [0.2, 0.25) is 0 Å². The number of phenolic OH excluding ortho intramolecular Hbond substituents is 2. The minimum absolute atomic E-state index is 0.115. The van der Waals surface area contributed by atoms with Crippen LogP contribution in [0.3, 0.4) is 0 Å². The summed E-state index contributed by atoms with van der Waals surface area (Å²) in [7, 11) is 1.47. The first kappa shape index (κ1) is 35.5. The Balaban J connectivity index is 1.65. The molecular formula is C33H40O15. The van der Waals surface area contributed by atoms with Crippen LogP contribution in [0, 0.1) is 0 Å². The zero-order valence-electron chi connectivity index (χ0n) is 26.6. The molecule has 2 aromatic carbocycles. The van der Waals surface area contributed by atoms with Crippen LogP contribution in [0.15, 0.2) is 51.2 Å². The van der Waals surface area contributed by atoms with Crippen LogP contribution in [0.4, 0.5) is 0 Å². The van der Waals surface area contributed by atoms with Crippen molar-refractivity contribution in [3.63, 3.8) is 0 Å². The second-order valence-corrected chi connectivity index (χ2v) is 12.0. The van der Waals surface area contributed by atoms with Crippen LogP contribution in [0.25, 0.3) is 22.3 Å². The molecule has 1 aromatic heterocycles. The number of hydrogen-bond acceptors (Lipinski definition) is 15. The van der Waals surface area contributed by atoms with Crippen LogP contribution < -0.4 is 14.9 Å². The van der Waals surface area contributed by atoms with Crippen molar-refractivity contribution in [2.24, 2.45) is 0 Å². The number of methoxy groups -OCH3 is 1. The van der Waals surface area contributed by atoms with E-state index in [9.17, 15) is 45.6 Å². The van der Waals surface area contributed by atoms with E-state index < -0.39 is 84.9 Å². The number of fused-ring (bicyclic) bond motifs is 1. The Bertz CT molecular complexity index is 1680. The highest BCUT2D eigenvalue weighted by molar-refractivity contribution is 5.91. The molecule has 0 spiro atoms. The van der Waals surface area contributed by atoms with Crippen LogP contribution in [-0.4, -0.2) is 116 Å². The molecule has 3 aromatic rings. The lowest BCUT2D eigenvalue weighted by Crippen LogP contribution is -2.64. The molecule has 15 nitrogen and oxygen atoms in total. The average molecular weight is 677 g/mol. The molecule has 0 bridgehead atoms. The second kappa shape index (κ2) is 14.4. The maximum Gasteiger partial charge on any atom is 0.239 e. The fourth-order valence-electron chi connectivity index (χ4n) is 5.61. The van der Waals surface area contributed by atoms with Crippen molar-refractivity contribution in [1.82, 2.24) is 0 Å². The Morgan fingerprint density at radius 1 is 0.896 bits per heavy atom. The van der Waals surface area contributed by atoms with E-state index in [1.807, 2.05) is 13.8 Å². The average Bonchev–Trinajstić information content (AvgIpc) is 3.05. The number of aliphatic hydroxyl groups is 6. The molecule has 2 fully saturated rings. The number of ether oxygens (including phenoxy) is 5. The molecule has 0 amide bonds. The molecule has 0 saturated carbocycles. The van der Waals surface area contributed by atoms with Crippen molar-refractivity contribution in [3.05, 3.63) is 57.8 Å². The van der Waals surface area contributed by atoms with E-state index >= 15 is 0 Å². The number of hydrogen-bond donors (Lipinski definition) is 8. The van der Waals surface area contributed by atoms with E-state index in [2.05, 4.69) is 0 Å². The van der Waals surface area contributed by atoms with Gasteiger partial charge in [-0.05, 0) is 51.5 Å². The number of benzene rings is 2. The van der Waals surface area contributed by atoms with Crippen LogP contribution in [0.5, 0.6) is 23.0 Å². The maximum absolute atomic E-state index is 14.3. The van der Waals surface area contributed by atoms with Crippen molar-refractivity contribution in [3.8, 4) is 34.3 Å². The van der Waals surface area contributed by atoms with Crippen molar-refractivity contribution in [2.75, 3.05) is 13.7 Å². The molecule has 48 heavy (non-hydrogen) atoms. The molecule has 2 aliphatic heterocycles. The SMILES string of the molecule is COc1ccc(-c2oc3c(CC=C(C)C)c(O)cc(O)c3c(=O)c2OC2O[C@@H](C)[C@H](O)[C@@H](O)[C@H]2O[C@@H]2O[C@H](CO)[C@@H](O)[C@H](O)[C@H]2O)cc1. The first-order valence-corrected chi connectivity index (χ1v) is 15.2. The summed E-state index contributed by atoms with van der Waals surface area (Å²) in [6.07, 6.45) is -14.4. The summed E-state index contributed by atoms with van der Waals surface area (Å²) in [6.45, 7) is 4.37. The summed E-state index contributed by atoms with van der Waals surface area (Å²) < 4.78 is 34.6. The van der Waals surface area contributed by atoms with Crippen molar-refractivity contribution in [1.29, 1.82) is 0 Å². The van der Waals surface area contributed by atoms with Gasteiger partial charge in [-0.3, -0.25) is 4.79 Å². The number of aliphatic hydroxyl groups excluding tert-OH is 6. The smallest absolute Gasteiger partial charge is 0.239 e. The Morgan fingerprint density at radius 2 is 1.58 bits per heavy atom. The third kappa shape index (κ3) is 6.74. The summed E-state index contributed by atoms with van der Waals surface area (Å²) in [6, 6.07) is 7.34. The van der Waals surface area contributed by atoms with E-state index in [0.717, 1.165) is 11.6 Å². The van der Waals surface area contributed by atoms with Crippen LogP contribution in [0.1, 0.15) is 26.3 Å². The lowest BCUT2D eigenvalue weighted by molar-refractivity contribution is -0.355. The summed E-state index contributed by atoms with van der Waals surface area (Å²) in [5.41, 5.74) is 0.434. The lowest BCUT2D eigenvalue weighted by atomic mass is 9.97. The molecular weight excluding hydrogens is 636 g/mol. The van der Waals surface area contributed by atoms with Crippen molar-refractivity contribution in [2.45, 2.75) is 88.6 Å².